The average Bonchev–Trinajstić information content (AvgIpc) is 2.40. The molecule has 2 aromatic rings. The van der Waals surface area contributed by atoms with Crippen molar-refractivity contribution in [3.05, 3.63) is 67.9 Å². The monoisotopic (exact) mass is 352 g/mol. The summed E-state index contributed by atoms with van der Waals surface area (Å²) in [6, 6.07) is 7.87. The molecule has 0 aliphatic carbocycles. The third-order valence-corrected chi connectivity index (χ3v) is 3.51. The van der Waals surface area contributed by atoms with E-state index in [4.69, 9.17) is 0 Å². The fourth-order valence-corrected chi connectivity index (χ4v) is 2.25. The molecule has 0 fully saturated rings. The van der Waals surface area contributed by atoms with Gasteiger partial charge in [-0.05, 0) is 46.6 Å². The third-order valence-electron chi connectivity index (χ3n) is 2.86. The van der Waals surface area contributed by atoms with Gasteiger partial charge in [-0.25, -0.2) is 4.39 Å². The van der Waals surface area contributed by atoms with Crippen LogP contribution in [-0.2, 0) is 0 Å². The van der Waals surface area contributed by atoms with Gasteiger partial charge in [-0.2, -0.15) is 0 Å². The molecule has 0 aliphatic rings. The number of benzene rings is 2. The first-order valence-electron chi connectivity index (χ1n) is 5.90. The summed E-state index contributed by atoms with van der Waals surface area (Å²) < 4.78 is 13.3. The van der Waals surface area contributed by atoms with E-state index in [-0.39, 0.29) is 11.3 Å². The van der Waals surface area contributed by atoms with Crippen LogP contribution in [0.2, 0.25) is 0 Å². The second-order valence-corrected chi connectivity index (χ2v) is 5.19. The molecule has 108 valence electrons. The number of hydrogen-bond acceptors (Lipinski definition) is 3. The molecule has 7 heteroatoms. The van der Waals surface area contributed by atoms with Crippen molar-refractivity contribution in [1.29, 1.82) is 0 Å². The molecule has 1 N–H and O–H groups in total. The maximum absolute atomic E-state index is 13.0. The van der Waals surface area contributed by atoms with E-state index in [9.17, 15) is 19.3 Å². The number of hydrogen-bond donors (Lipinski definition) is 1. The van der Waals surface area contributed by atoms with Crippen LogP contribution in [0.5, 0.6) is 0 Å². The number of nitro groups is 1. The average molecular weight is 353 g/mol. The summed E-state index contributed by atoms with van der Waals surface area (Å²) in [6.07, 6.45) is 0. The van der Waals surface area contributed by atoms with Gasteiger partial charge in [0.25, 0.3) is 11.6 Å². The van der Waals surface area contributed by atoms with Crippen LogP contribution in [-0.4, -0.2) is 10.8 Å². The predicted octanol–water partition coefficient (Wildman–Crippen LogP) is 4.06. The molecule has 0 radical (unpaired) electrons. The Labute approximate surface area is 128 Å². The first-order valence-corrected chi connectivity index (χ1v) is 6.69. The molecule has 0 aromatic heterocycles. The molecule has 0 spiro atoms. The lowest BCUT2D eigenvalue weighted by Crippen LogP contribution is -2.13. The zero-order valence-corrected chi connectivity index (χ0v) is 12.5. The number of carbonyl (C=O) groups is 1. The quantitative estimate of drug-likeness (QED) is 0.668. The lowest BCUT2D eigenvalue weighted by Gasteiger charge is -2.09. The number of amides is 1. The minimum Gasteiger partial charge on any atom is -0.321 e. The molecule has 2 aromatic carbocycles. The largest absolute Gasteiger partial charge is 0.321 e. The molecule has 0 saturated heterocycles. The van der Waals surface area contributed by atoms with Crippen molar-refractivity contribution in [2.75, 3.05) is 5.32 Å². The number of halogens is 2. The summed E-state index contributed by atoms with van der Waals surface area (Å²) in [4.78, 5) is 22.4. The fourth-order valence-electron chi connectivity index (χ4n) is 1.72. The highest BCUT2D eigenvalue weighted by atomic mass is 79.9. The van der Waals surface area contributed by atoms with Crippen LogP contribution in [0.25, 0.3) is 0 Å². The maximum atomic E-state index is 13.0. The van der Waals surface area contributed by atoms with Crippen molar-refractivity contribution >= 4 is 33.2 Å². The number of aryl methyl sites for hydroxylation is 1. The highest BCUT2D eigenvalue weighted by molar-refractivity contribution is 9.10. The Morgan fingerprint density at radius 2 is 2.00 bits per heavy atom. The van der Waals surface area contributed by atoms with E-state index in [0.717, 1.165) is 0 Å². The Morgan fingerprint density at radius 1 is 1.29 bits per heavy atom. The van der Waals surface area contributed by atoms with Crippen LogP contribution in [0, 0.1) is 22.9 Å². The van der Waals surface area contributed by atoms with Crippen molar-refractivity contribution in [3.63, 3.8) is 0 Å². The van der Waals surface area contributed by atoms with Gasteiger partial charge in [-0.15, -0.1) is 0 Å². The molecule has 21 heavy (non-hydrogen) atoms. The van der Waals surface area contributed by atoms with E-state index in [1.165, 1.54) is 30.3 Å². The molecule has 1 amide bonds. The fraction of sp³-hybridized carbons (Fsp3) is 0.0714. The first kappa shape index (κ1) is 15.1. The van der Waals surface area contributed by atoms with Gasteiger partial charge in [0.15, 0.2) is 0 Å². The van der Waals surface area contributed by atoms with Gasteiger partial charge >= 0.3 is 0 Å². The van der Waals surface area contributed by atoms with Crippen LogP contribution in [0.1, 0.15) is 15.9 Å². The summed E-state index contributed by atoms with van der Waals surface area (Å²) in [5, 5.41) is 13.3. The smallest absolute Gasteiger partial charge is 0.271 e. The Morgan fingerprint density at radius 3 is 2.62 bits per heavy atom. The summed E-state index contributed by atoms with van der Waals surface area (Å²) in [5.41, 5.74) is 1.15. The number of nitrogens with one attached hydrogen (secondary N) is 1. The zero-order chi connectivity index (χ0) is 15.6. The normalized spacial score (nSPS) is 10.2. The standard InChI is InChI=1S/C14H10BrFN2O3/c1-8-2-4-10(18(20)21)7-13(8)17-14(19)11-5-3-9(16)6-12(11)15/h2-7H,1H3,(H,17,19). The number of nitrogens with zero attached hydrogens (tertiary/aromatic N) is 1. The predicted molar refractivity (Wildman–Crippen MR) is 79.9 cm³/mol. The summed E-state index contributed by atoms with van der Waals surface area (Å²) in [6.45, 7) is 1.72. The molecule has 5 nitrogen and oxygen atoms in total. The molecular formula is C14H10BrFN2O3. The van der Waals surface area contributed by atoms with Gasteiger partial charge in [0.05, 0.1) is 16.2 Å². The third kappa shape index (κ3) is 3.43. The minimum atomic E-state index is -0.539. The Kier molecular flexibility index (Phi) is 4.32. The molecule has 0 bridgehead atoms. The highest BCUT2D eigenvalue weighted by Crippen LogP contribution is 2.24. The highest BCUT2D eigenvalue weighted by Gasteiger charge is 2.14. The van der Waals surface area contributed by atoms with E-state index in [1.54, 1.807) is 13.0 Å². The summed E-state index contributed by atoms with van der Waals surface area (Å²) in [7, 11) is 0. The van der Waals surface area contributed by atoms with Gasteiger partial charge in [0.2, 0.25) is 0 Å². The van der Waals surface area contributed by atoms with Gasteiger partial charge < -0.3 is 5.32 Å². The molecule has 0 aliphatic heterocycles. The zero-order valence-electron chi connectivity index (χ0n) is 10.9. The van der Waals surface area contributed by atoms with Crippen molar-refractivity contribution < 1.29 is 14.1 Å². The molecule has 0 unspecified atom stereocenters. The number of carbonyl (C=O) groups excluding carboxylic acids is 1. The topological polar surface area (TPSA) is 72.2 Å². The summed E-state index contributed by atoms with van der Waals surface area (Å²) in [5.74, 6) is -0.949. The van der Waals surface area contributed by atoms with Crippen LogP contribution in [0.15, 0.2) is 40.9 Å². The second-order valence-electron chi connectivity index (χ2n) is 4.33. The van der Waals surface area contributed by atoms with E-state index in [1.807, 2.05) is 0 Å². The van der Waals surface area contributed by atoms with Crippen molar-refractivity contribution in [2.24, 2.45) is 0 Å². The Balaban J connectivity index is 2.31. The van der Waals surface area contributed by atoms with E-state index in [2.05, 4.69) is 21.2 Å². The van der Waals surface area contributed by atoms with Gasteiger partial charge in [-0.3, -0.25) is 14.9 Å². The van der Waals surface area contributed by atoms with E-state index < -0.39 is 16.6 Å². The van der Waals surface area contributed by atoms with E-state index in [0.29, 0.717) is 15.7 Å². The minimum absolute atomic E-state index is 0.117. The second kappa shape index (κ2) is 6.01. The number of rotatable bonds is 3. The van der Waals surface area contributed by atoms with Crippen LogP contribution >= 0.6 is 15.9 Å². The van der Waals surface area contributed by atoms with Gasteiger partial charge in [0, 0.05) is 16.6 Å². The molecule has 0 atom stereocenters. The maximum Gasteiger partial charge on any atom is 0.271 e. The SMILES string of the molecule is Cc1ccc([N+](=O)[O-])cc1NC(=O)c1ccc(F)cc1Br. The van der Waals surface area contributed by atoms with Crippen molar-refractivity contribution in [2.45, 2.75) is 6.92 Å². The van der Waals surface area contributed by atoms with Gasteiger partial charge in [0.1, 0.15) is 5.82 Å². The van der Waals surface area contributed by atoms with Crippen molar-refractivity contribution in [3.8, 4) is 0 Å². The molecular weight excluding hydrogens is 343 g/mol. The first-order chi connectivity index (χ1) is 9.88. The lowest BCUT2D eigenvalue weighted by molar-refractivity contribution is -0.384. The lowest BCUT2D eigenvalue weighted by atomic mass is 10.1. The van der Waals surface area contributed by atoms with Crippen LogP contribution in [0.3, 0.4) is 0 Å². The Hall–Kier alpha value is -2.28. The van der Waals surface area contributed by atoms with E-state index >= 15 is 0 Å². The number of non-ortho nitro benzene ring substituents is 1. The summed E-state index contributed by atoms with van der Waals surface area (Å²) >= 11 is 3.11. The number of nitro benzene ring substituents is 1. The number of anilines is 1. The van der Waals surface area contributed by atoms with Crippen molar-refractivity contribution in [1.82, 2.24) is 0 Å². The van der Waals surface area contributed by atoms with Gasteiger partial charge in [-0.1, -0.05) is 6.07 Å². The molecule has 0 saturated carbocycles. The van der Waals surface area contributed by atoms with Crippen LogP contribution < -0.4 is 5.32 Å². The molecule has 0 heterocycles. The Bertz CT molecular complexity index is 734. The molecule has 2 rings (SSSR count). The van der Waals surface area contributed by atoms with Crippen LogP contribution in [0.4, 0.5) is 15.8 Å².